The lowest BCUT2D eigenvalue weighted by molar-refractivity contribution is -0.121. The summed E-state index contributed by atoms with van der Waals surface area (Å²) >= 11 is 0. The molecular formula is C19H22N2O2. The molecule has 1 aromatic carbocycles. The van der Waals surface area contributed by atoms with E-state index in [9.17, 15) is 4.79 Å². The lowest BCUT2D eigenvalue weighted by atomic mass is 9.57. The van der Waals surface area contributed by atoms with Crippen LogP contribution in [0.4, 0.5) is 5.69 Å². The third-order valence-corrected chi connectivity index (χ3v) is 5.51. The number of hydrogen-bond acceptors (Lipinski definition) is 4. The van der Waals surface area contributed by atoms with Crippen molar-refractivity contribution in [2.24, 2.45) is 10.4 Å². The molecule has 0 unspecified atom stereocenters. The molecule has 0 fully saturated rings. The molecule has 1 aliphatic carbocycles. The van der Waals surface area contributed by atoms with E-state index in [1.807, 2.05) is 18.2 Å². The average Bonchev–Trinajstić information content (AvgIpc) is 2.76. The molecule has 0 saturated carbocycles. The molecule has 120 valence electrons. The summed E-state index contributed by atoms with van der Waals surface area (Å²) in [5.74, 6) is 0.519. The topological polar surface area (TPSA) is 50.7 Å². The molecule has 4 rings (SSSR count). The van der Waals surface area contributed by atoms with Crippen molar-refractivity contribution in [3.8, 4) is 0 Å². The largest absolute Gasteiger partial charge is 0.493 e. The molecule has 2 atom stereocenters. The Labute approximate surface area is 136 Å². The zero-order chi connectivity index (χ0) is 16.5. The van der Waals surface area contributed by atoms with E-state index in [2.05, 4.69) is 38.2 Å². The zero-order valence-corrected chi connectivity index (χ0v) is 14.1. The van der Waals surface area contributed by atoms with E-state index in [0.717, 1.165) is 23.4 Å². The van der Waals surface area contributed by atoms with Gasteiger partial charge in [-0.05, 0) is 39.3 Å². The molecule has 4 heteroatoms. The number of methoxy groups -OCH3 is 1. The average molecular weight is 310 g/mol. The van der Waals surface area contributed by atoms with Crippen LogP contribution in [0.25, 0.3) is 0 Å². The van der Waals surface area contributed by atoms with Crippen molar-refractivity contribution in [3.05, 3.63) is 41.7 Å². The van der Waals surface area contributed by atoms with Gasteiger partial charge in [-0.25, -0.2) is 0 Å². The van der Waals surface area contributed by atoms with Crippen LogP contribution in [0.15, 0.2) is 41.1 Å². The Hall–Kier alpha value is -2.10. The lowest BCUT2D eigenvalue weighted by Crippen LogP contribution is -2.60. The van der Waals surface area contributed by atoms with E-state index in [0.29, 0.717) is 12.2 Å². The summed E-state index contributed by atoms with van der Waals surface area (Å²) < 4.78 is 5.39. The van der Waals surface area contributed by atoms with Gasteiger partial charge in [0, 0.05) is 17.7 Å². The number of nitrogens with zero attached hydrogens (tertiary/aromatic N) is 1. The Morgan fingerprint density at radius 2 is 1.96 bits per heavy atom. The summed E-state index contributed by atoms with van der Waals surface area (Å²) in [5.41, 5.74) is 2.42. The monoisotopic (exact) mass is 310 g/mol. The number of ether oxygens (including phenoxy) is 1. The Balaban J connectivity index is 2.03. The van der Waals surface area contributed by atoms with E-state index < -0.39 is 0 Å². The fourth-order valence-corrected chi connectivity index (χ4v) is 4.54. The number of ketones is 1. The van der Waals surface area contributed by atoms with Crippen molar-refractivity contribution in [3.63, 3.8) is 0 Å². The molecule has 0 aromatic heterocycles. The maximum atomic E-state index is 12.5. The van der Waals surface area contributed by atoms with E-state index in [1.165, 1.54) is 0 Å². The van der Waals surface area contributed by atoms with Crippen LogP contribution in [0.1, 0.15) is 39.2 Å². The van der Waals surface area contributed by atoms with Crippen molar-refractivity contribution in [1.82, 2.24) is 0 Å². The van der Waals surface area contributed by atoms with E-state index in [1.54, 1.807) is 7.11 Å². The predicted octanol–water partition coefficient (Wildman–Crippen LogP) is 3.33. The molecule has 1 N–H and O–H groups in total. The minimum atomic E-state index is -0.382. The molecular weight excluding hydrogens is 288 g/mol. The number of benzene rings is 1. The summed E-state index contributed by atoms with van der Waals surface area (Å²) in [5, 5.41) is 3.65. The van der Waals surface area contributed by atoms with Gasteiger partial charge >= 0.3 is 0 Å². The summed E-state index contributed by atoms with van der Waals surface area (Å²) in [6.45, 7) is 6.46. The van der Waals surface area contributed by atoms with Gasteiger partial charge in [0.1, 0.15) is 0 Å². The fourth-order valence-electron chi connectivity index (χ4n) is 4.54. The first-order valence-corrected chi connectivity index (χ1v) is 8.08. The molecule has 4 nitrogen and oxygen atoms in total. The van der Waals surface area contributed by atoms with Crippen LogP contribution < -0.4 is 5.32 Å². The van der Waals surface area contributed by atoms with Crippen LogP contribution in [0.3, 0.4) is 0 Å². The van der Waals surface area contributed by atoms with E-state index >= 15 is 0 Å². The number of anilines is 1. The smallest absolute Gasteiger partial charge is 0.199 e. The summed E-state index contributed by atoms with van der Waals surface area (Å²) in [6.07, 6.45) is 3.30. The summed E-state index contributed by atoms with van der Waals surface area (Å²) in [7, 11) is 1.57. The minimum absolute atomic E-state index is 0.0524. The van der Waals surface area contributed by atoms with Crippen molar-refractivity contribution in [2.75, 3.05) is 12.4 Å². The number of Topliss-reactive ketones (excluding diaryl/α,β-unsaturated/α-hetero) is 1. The first kappa shape index (κ1) is 14.5. The van der Waals surface area contributed by atoms with Crippen LogP contribution >= 0.6 is 0 Å². The highest BCUT2D eigenvalue weighted by molar-refractivity contribution is 6.16. The van der Waals surface area contributed by atoms with Gasteiger partial charge in [0.15, 0.2) is 11.5 Å². The Morgan fingerprint density at radius 3 is 2.70 bits per heavy atom. The van der Waals surface area contributed by atoms with E-state index in [4.69, 9.17) is 9.73 Å². The number of rotatable bonds is 1. The van der Waals surface area contributed by atoms with Gasteiger partial charge in [0.05, 0.1) is 29.3 Å². The number of carbonyl (C=O) groups excluding carboxylic acids is 1. The molecule has 0 radical (unpaired) electrons. The van der Waals surface area contributed by atoms with Gasteiger partial charge in [0.2, 0.25) is 0 Å². The first-order chi connectivity index (χ1) is 10.8. The molecule has 1 spiro atoms. The number of allylic oxidation sites excluding steroid dienone is 1. The predicted molar refractivity (Wildman–Crippen MR) is 90.9 cm³/mol. The molecule has 0 bridgehead atoms. The number of para-hydroxylation sites is 1. The maximum Gasteiger partial charge on any atom is 0.199 e. The van der Waals surface area contributed by atoms with Gasteiger partial charge < -0.3 is 10.1 Å². The number of nitrogens with one attached hydrogen (secondary N) is 1. The van der Waals surface area contributed by atoms with Gasteiger partial charge in [-0.1, -0.05) is 18.2 Å². The second kappa shape index (κ2) is 4.25. The molecule has 3 aliphatic rings. The second-order valence-corrected chi connectivity index (χ2v) is 7.74. The van der Waals surface area contributed by atoms with Crippen LogP contribution in [-0.2, 0) is 9.53 Å². The van der Waals surface area contributed by atoms with Gasteiger partial charge in [-0.15, -0.1) is 0 Å². The standard InChI is InChI=1S/C19H22N2O2/c1-17(2)11-19-10-15(23-4)14(22)9-18(19,3)20-13-8-6-5-7-12(13)16(19)21-17/h5-8,10,20H,9,11H2,1-4H3/t18-,19+/m1/s1. The van der Waals surface area contributed by atoms with Crippen molar-refractivity contribution >= 4 is 17.2 Å². The van der Waals surface area contributed by atoms with Gasteiger partial charge in [-0.3, -0.25) is 9.79 Å². The molecule has 2 heterocycles. The van der Waals surface area contributed by atoms with E-state index in [-0.39, 0.29) is 22.3 Å². The van der Waals surface area contributed by atoms with Gasteiger partial charge in [-0.2, -0.15) is 0 Å². The van der Waals surface area contributed by atoms with Gasteiger partial charge in [0.25, 0.3) is 0 Å². The molecule has 2 aliphatic heterocycles. The molecule has 0 saturated heterocycles. The van der Waals surface area contributed by atoms with Crippen molar-refractivity contribution < 1.29 is 9.53 Å². The van der Waals surface area contributed by atoms with Crippen LogP contribution in [-0.4, -0.2) is 29.7 Å². The number of fused-ring (bicyclic) bond motifs is 2. The quantitative estimate of drug-likeness (QED) is 0.865. The molecule has 1 aromatic rings. The highest BCUT2D eigenvalue weighted by Gasteiger charge is 2.62. The minimum Gasteiger partial charge on any atom is -0.493 e. The SMILES string of the molecule is COC1=C[C@]23CC(C)(C)N=C2c2ccccc2N[C@]3(C)CC1=O. The van der Waals surface area contributed by atoms with Crippen LogP contribution in [0.2, 0.25) is 0 Å². The third kappa shape index (κ3) is 1.78. The number of hydrogen-bond donors (Lipinski definition) is 1. The van der Waals surface area contributed by atoms with Crippen LogP contribution in [0, 0.1) is 5.41 Å². The van der Waals surface area contributed by atoms with Crippen molar-refractivity contribution in [1.29, 1.82) is 0 Å². The summed E-state index contributed by atoms with van der Waals surface area (Å²) in [4.78, 5) is 17.5. The normalized spacial score (nSPS) is 33.7. The molecule has 0 amide bonds. The Kier molecular flexibility index (Phi) is 2.68. The Bertz CT molecular complexity index is 777. The maximum absolute atomic E-state index is 12.5. The number of carbonyl (C=O) groups is 1. The number of aliphatic imine (C=N–C) groups is 1. The highest BCUT2D eigenvalue weighted by Crippen LogP contribution is 2.57. The first-order valence-electron chi connectivity index (χ1n) is 8.08. The fraction of sp³-hybridized carbons (Fsp3) is 0.474. The zero-order valence-electron chi connectivity index (χ0n) is 14.1. The van der Waals surface area contributed by atoms with Crippen LogP contribution in [0.5, 0.6) is 0 Å². The second-order valence-electron chi connectivity index (χ2n) is 7.74. The third-order valence-electron chi connectivity index (χ3n) is 5.51. The highest BCUT2D eigenvalue weighted by atomic mass is 16.5. The summed E-state index contributed by atoms with van der Waals surface area (Å²) in [6, 6.07) is 8.24. The van der Waals surface area contributed by atoms with Crippen molar-refractivity contribution in [2.45, 2.75) is 44.7 Å². The Morgan fingerprint density at radius 1 is 1.22 bits per heavy atom. The lowest BCUT2D eigenvalue weighted by Gasteiger charge is -2.52. The molecule has 23 heavy (non-hydrogen) atoms.